The van der Waals surface area contributed by atoms with Gasteiger partial charge in [0.1, 0.15) is 5.82 Å². The van der Waals surface area contributed by atoms with Crippen molar-refractivity contribution in [3.63, 3.8) is 0 Å². The van der Waals surface area contributed by atoms with Gasteiger partial charge >= 0.3 is 0 Å². The Bertz CT molecular complexity index is 559. The maximum atomic E-state index is 12.8. The number of anilines is 1. The number of rotatable bonds is 5. The molecule has 1 heterocycles. The summed E-state index contributed by atoms with van der Waals surface area (Å²) in [4.78, 5) is 7.68. The van der Waals surface area contributed by atoms with Crippen molar-refractivity contribution >= 4 is 16.7 Å². The van der Waals surface area contributed by atoms with Crippen LogP contribution in [0.5, 0.6) is 0 Å². The summed E-state index contributed by atoms with van der Waals surface area (Å²) < 4.78 is 25.5. The molecular weight excluding hydrogens is 252 g/mol. The zero-order valence-electron chi connectivity index (χ0n) is 10.5. The molecule has 2 N–H and O–H groups in total. The number of aliphatic hydroxyl groups is 1. The monoisotopic (exact) mass is 267 g/mol. The highest BCUT2D eigenvalue weighted by Gasteiger charge is 2.16. The Morgan fingerprint density at radius 3 is 2.63 bits per heavy atom. The molecule has 19 heavy (non-hydrogen) atoms. The number of halogens is 2. The average molecular weight is 267 g/mol. The summed E-state index contributed by atoms with van der Waals surface area (Å²) in [5, 5.41) is 12.8. The highest BCUT2D eigenvalue weighted by molar-refractivity contribution is 5.89. The van der Waals surface area contributed by atoms with Crippen molar-refractivity contribution in [1.29, 1.82) is 0 Å². The Hall–Kier alpha value is -1.82. The lowest BCUT2D eigenvalue weighted by molar-refractivity contribution is 0.141. The summed E-state index contributed by atoms with van der Waals surface area (Å²) in [6, 6.07) is 6.73. The smallest absolute Gasteiger partial charge is 0.297 e. The van der Waals surface area contributed by atoms with E-state index in [1.165, 1.54) is 0 Å². The molecule has 0 fully saturated rings. The zero-order chi connectivity index (χ0) is 13.8. The third-order valence-corrected chi connectivity index (χ3v) is 2.87. The van der Waals surface area contributed by atoms with Gasteiger partial charge < -0.3 is 10.4 Å². The molecule has 102 valence electrons. The van der Waals surface area contributed by atoms with Crippen LogP contribution in [0.1, 0.15) is 25.6 Å². The number of aromatic nitrogens is 2. The van der Waals surface area contributed by atoms with Crippen LogP contribution in [-0.4, -0.2) is 27.7 Å². The van der Waals surface area contributed by atoms with Crippen molar-refractivity contribution in [1.82, 2.24) is 9.97 Å². The van der Waals surface area contributed by atoms with E-state index in [0.717, 1.165) is 0 Å². The number of benzene rings is 1. The minimum Gasteiger partial charge on any atom is -0.394 e. The maximum absolute atomic E-state index is 12.8. The summed E-state index contributed by atoms with van der Waals surface area (Å²) in [7, 11) is 0. The number of hydrogen-bond acceptors (Lipinski definition) is 4. The summed E-state index contributed by atoms with van der Waals surface area (Å²) in [5.74, 6) is -0.171. The molecule has 0 aliphatic heterocycles. The number of aliphatic hydroxyl groups excluding tert-OH is 1. The molecule has 2 aromatic rings. The number of hydrogen-bond donors (Lipinski definition) is 2. The Labute approximate surface area is 109 Å². The zero-order valence-corrected chi connectivity index (χ0v) is 10.5. The fourth-order valence-electron chi connectivity index (χ4n) is 1.77. The third kappa shape index (κ3) is 2.96. The average Bonchev–Trinajstić information content (AvgIpc) is 2.44. The van der Waals surface area contributed by atoms with Crippen molar-refractivity contribution in [3.8, 4) is 0 Å². The van der Waals surface area contributed by atoms with E-state index in [4.69, 9.17) is 0 Å². The molecule has 1 aromatic heterocycles. The Morgan fingerprint density at radius 2 is 2.00 bits per heavy atom. The molecule has 0 radical (unpaired) electrons. The third-order valence-electron chi connectivity index (χ3n) is 2.87. The maximum Gasteiger partial charge on any atom is 0.297 e. The minimum atomic E-state index is -2.72. The Balaban J connectivity index is 2.50. The minimum absolute atomic E-state index is 0.0845. The van der Waals surface area contributed by atoms with Gasteiger partial charge in [-0.2, -0.15) is 0 Å². The molecule has 4 nitrogen and oxygen atoms in total. The number of para-hydroxylation sites is 1. The van der Waals surface area contributed by atoms with Gasteiger partial charge in [0.2, 0.25) is 0 Å². The van der Waals surface area contributed by atoms with E-state index in [9.17, 15) is 13.9 Å². The molecule has 0 spiro atoms. The predicted octanol–water partition coefficient (Wildman–Crippen LogP) is 2.75. The molecule has 1 aromatic carbocycles. The van der Waals surface area contributed by atoms with Crippen LogP contribution < -0.4 is 5.32 Å². The lowest BCUT2D eigenvalue weighted by atomic mass is 10.2. The molecule has 0 bridgehead atoms. The van der Waals surface area contributed by atoms with Gasteiger partial charge in [0.05, 0.1) is 18.2 Å². The SMILES string of the molecule is CC[C@@H](CO)Nc1nc(C(F)F)nc2ccccc12. The predicted molar refractivity (Wildman–Crippen MR) is 69.3 cm³/mol. The van der Waals surface area contributed by atoms with Crippen LogP contribution in [0.25, 0.3) is 10.9 Å². The normalized spacial score (nSPS) is 12.9. The van der Waals surface area contributed by atoms with Gasteiger partial charge in [0, 0.05) is 5.39 Å². The first-order valence-corrected chi connectivity index (χ1v) is 6.08. The largest absolute Gasteiger partial charge is 0.394 e. The second kappa shape index (κ2) is 5.88. The van der Waals surface area contributed by atoms with Crippen LogP contribution in [0.4, 0.5) is 14.6 Å². The van der Waals surface area contributed by atoms with Crippen molar-refractivity contribution in [2.24, 2.45) is 0 Å². The molecular formula is C13H15F2N3O. The number of nitrogens with zero attached hydrogens (tertiary/aromatic N) is 2. The topological polar surface area (TPSA) is 58.0 Å². The second-order valence-electron chi connectivity index (χ2n) is 4.18. The molecule has 0 aliphatic rings. The molecule has 0 aliphatic carbocycles. The first-order chi connectivity index (χ1) is 9.15. The van der Waals surface area contributed by atoms with E-state index in [-0.39, 0.29) is 12.6 Å². The fourth-order valence-corrected chi connectivity index (χ4v) is 1.77. The number of nitrogens with one attached hydrogen (secondary N) is 1. The quantitative estimate of drug-likeness (QED) is 0.874. The van der Waals surface area contributed by atoms with Crippen LogP contribution in [-0.2, 0) is 0 Å². The van der Waals surface area contributed by atoms with Gasteiger partial charge in [0.25, 0.3) is 6.43 Å². The summed E-state index contributed by atoms with van der Waals surface area (Å²) in [6.45, 7) is 1.81. The van der Waals surface area contributed by atoms with E-state index < -0.39 is 12.2 Å². The van der Waals surface area contributed by atoms with Gasteiger partial charge in [0.15, 0.2) is 5.82 Å². The van der Waals surface area contributed by atoms with E-state index in [1.807, 2.05) is 6.92 Å². The van der Waals surface area contributed by atoms with Crippen molar-refractivity contribution in [3.05, 3.63) is 30.1 Å². The van der Waals surface area contributed by atoms with E-state index in [0.29, 0.717) is 23.1 Å². The van der Waals surface area contributed by atoms with Crippen LogP contribution in [0.2, 0.25) is 0 Å². The van der Waals surface area contributed by atoms with Crippen LogP contribution in [0, 0.1) is 0 Å². The van der Waals surface area contributed by atoms with Gasteiger partial charge in [-0.3, -0.25) is 0 Å². The molecule has 2 rings (SSSR count). The highest BCUT2D eigenvalue weighted by atomic mass is 19.3. The van der Waals surface area contributed by atoms with Gasteiger partial charge in [-0.25, -0.2) is 18.7 Å². The van der Waals surface area contributed by atoms with Gasteiger partial charge in [-0.15, -0.1) is 0 Å². The van der Waals surface area contributed by atoms with Gasteiger partial charge in [-0.1, -0.05) is 19.1 Å². The van der Waals surface area contributed by atoms with E-state index in [2.05, 4.69) is 15.3 Å². The Kier molecular flexibility index (Phi) is 4.21. The van der Waals surface area contributed by atoms with Crippen molar-refractivity contribution in [2.45, 2.75) is 25.8 Å². The molecule has 6 heteroatoms. The molecule has 0 saturated carbocycles. The summed E-state index contributed by atoms with van der Waals surface area (Å²) in [5.41, 5.74) is 0.461. The Morgan fingerprint density at radius 1 is 1.26 bits per heavy atom. The molecule has 1 atom stereocenters. The van der Waals surface area contributed by atoms with Crippen molar-refractivity contribution in [2.75, 3.05) is 11.9 Å². The molecule has 0 amide bonds. The lowest BCUT2D eigenvalue weighted by Gasteiger charge is -2.16. The summed E-state index contributed by atoms with van der Waals surface area (Å²) >= 11 is 0. The van der Waals surface area contributed by atoms with E-state index >= 15 is 0 Å². The first kappa shape index (κ1) is 13.6. The second-order valence-corrected chi connectivity index (χ2v) is 4.18. The van der Waals surface area contributed by atoms with Gasteiger partial charge in [-0.05, 0) is 18.6 Å². The van der Waals surface area contributed by atoms with E-state index in [1.54, 1.807) is 24.3 Å². The number of fused-ring (bicyclic) bond motifs is 1. The standard InChI is InChI=1S/C13H15F2N3O/c1-2-8(7-19)16-12-9-5-3-4-6-10(9)17-13(18-12)11(14)15/h3-6,8,11,19H,2,7H2,1H3,(H,16,17,18)/t8-/m0/s1. The molecule has 0 saturated heterocycles. The van der Waals surface area contributed by atoms with Crippen LogP contribution in [0.3, 0.4) is 0 Å². The number of alkyl halides is 2. The van der Waals surface area contributed by atoms with Crippen LogP contribution >= 0.6 is 0 Å². The summed E-state index contributed by atoms with van der Waals surface area (Å²) in [6.07, 6.45) is -2.06. The highest BCUT2D eigenvalue weighted by Crippen LogP contribution is 2.24. The molecule has 0 unspecified atom stereocenters. The fraction of sp³-hybridized carbons (Fsp3) is 0.385. The van der Waals surface area contributed by atoms with Crippen LogP contribution in [0.15, 0.2) is 24.3 Å². The lowest BCUT2D eigenvalue weighted by Crippen LogP contribution is -2.23. The first-order valence-electron chi connectivity index (χ1n) is 6.08. The van der Waals surface area contributed by atoms with Crippen molar-refractivity contribution < 1.29 is 13.9 Å².